The third kappa shape index (κ3) is 8.39. The van der Waals surface area contributed by atoms with Crippen LogP contribution in [0.4, 0.5) is 0 Å². The summed E-state index contributed by atoms with van der Waals surface area (Å²) >= 11 is 0. The number of amides is 1. The number of ether oxygens (including phenoxy) is 1. The van der Waals surface area contributed by atoms with Crippen molar-refractivity contribution >= 4 is 42.9 Å². The summed E-state index contributed by atoms with van der Waals surface area (Å²) in [6, 6.07) is 18.5. The highest BCUT2D eigenvalue weighted by atomic mass is 35.5. The Morgan fingerprint density at radius 3 is 2.27 bits per heavy atom. The van der Waals surface area contributed by atoms with Crippen LogP contribution in [0.15, 0.2) is 54.6 Å². The fraction of sp³-hybridized carbons (Fsp3) is 0.375. The Kier molecular flexibility index (Phi) is 12.2. The van der Waals surface area contributed by atoms with Gasteiger partial charge in [-0.3, -0.25) is 9.69 Å². The number of benzene rings is 2. The van der Waals surface area contributed by atoms with Crippen LogP contribution in [0.5, 0.6) is 5.75 Å². The van der Waals surface area contributed by atoms with Crippen LogP contribution < -0.4 is 4.74 Å². The number of unbranched alkanes of at least 4 members (excludes halogenated alkanes) is 1. The monoisotopic (exact) mass is 450 g/mol. The van der Waals surface area contributed by atoms with Crippen molar-refractivity contribution in [3.63, 3.8) is 0 Å². The first-order valence-corrected chi connectivity index (χ1v) is 10.2. The predicted octanol–water partition coefficient (Wildman–Crippen LogP) is 5.02. The number of hydrogen-bond acceptors (Lipinski definition) is 3. The van der Waals surface area contributed by atoms with Crippen molar-refractivity contribution in [2.75, 3.05) is 39.3 Å². The molecular weight excluding hydrogens is 419 g/mol. The highest BCUT2D eigenvalue weighted by molar-refractivity contribution is 5.85. The van der Waals surface area contributed by atoms with E-state index < -0.39 is 0 Å². The van der Waals surface area contributed by atoms with Gasteiger partial charge >= 0.3 is 0 Å². The third-order valence-corrected chi connectivity index (χ3v) is 5.12. The van der Waals surface area contributed by atoms with Crippen molar-refractivity contribution in [2.24, 2.45) is 0 Å². The van der Waals surface area contributed by atoms with E-state index in [-0.39, 0.29) is 30.7 Å². The molecule has 4 nitrogen and oxygen atoms in total. The lowest BCUT2D eigenvalue weighted by Gasteiger charge is -2.34. The molecular formula is C24H32Cl2N2O2. The lowest BCUT2D eigenvalue weighted by Crippen LogP contribution is -2.48. The summed E-state index contributed by atoms with van der Waals surface area (Å²) in [7, 11) is 0. The molecule has 1 saturated heterocycles. The van der Waals surface area contributed by atoms with E-state index in [0.717, 1.165) is 63.5 Å². The Bertz CT molecular complexity index is 776. The molecule has 2 aromatic carbocycles. The molecule has 0 aliphatic carbocycles. The zero-order chi connectivity index (χ0) is 19.6. The Balaban J connectivity index is 0.00000225. The van der Waals surface area contributed by atoms with Crippen molar-refractivity contribution in [1.82, 2.24) is 9.80 Å². The van der Waals surface area contributed by atoms with E-state index in [1.807, 2.05) is 41.3 Å². The van der Waals surface area contributed by atoms with Crippen LogP contribution in [-0.4, -0.2) is 55.0 Å². The summed E-state index contributed by atoms with van der Waals surface area (Å²) in [5.41, 5.74) is 2.29. The average molecular weight is 451 g/mol. The maximum Gasteiger partial charge on any atom is 0.219 e. The van der Waals surface area contributed by atoms with Gasteiger partial charge in [-0.1, -0.05) is 60.7 Å². The minimum Gasteiger partial charge on any atom is -0.493 e. The molecule has 0 aromatic heterocycles. The Hall–Kier alpha value is -2.01. The number of nitrogens with zero attached hydrogens (tertiary/aromatic N) is 2. The Morgan fingerprint density at radius 2 is 1.57 bits per heavy atom. The van der Waals surface area contributed by atoms with Crippen molar-refractivity contribution in [1.29, 1.82) is 0 Å². The fourth-order valence-corrected chi connectivity index (χ4v) is 3.41. The minimum atomic E-state index is 0. The number of carbonyl (C=O) groups excluding carboxylic acids is 1. The molecule has 1 aliphatic heterocycles. The van der Waals surface area contributed by atoms with Gasteiger partial charge in [0.2, 0.25) is 5.91 Å². The van der Waals surface area contributed by atoms with Gasteiger partial charge in [-0.05, 0) is 31.0 Å². The lowest BCUT2D eigenvalue weighted by molar-refractivity contribution is -0.130. The van der Waals surface area contributed by atoms with Crippen LogP contribution in [0.2, 0.25) is 0 Å². The number of piperazine rings is 1. The van der Waals surface area contributed by atoms with Gasteiger partial charge in [-0.25, -0.2) is 0 Å². The van der Waals surface area contributed by atoms with E-state index in [9.17, 15) is 4.79 Å². The van der Waals surface area contributed by atoms with Gasteiger partial charge in [-0.2, -0.15) is 0 Å². The maximum absolute atomic E-state index is 11.4. The molecule has 0 radical (unpaired) electrons. The largest absolute Gasteiger partial charge is 0.493 e. The predicted molar refractivity (Wildman–Crippen MR) is 130 cm³/mol. The zero-order valence-corrected chi connectivity index (χ0v) is 19.2. The van der Waals surface area contributed by atoms with E-state index in [4.69, 9.17) is 4.74 Å². The van der Waals surface area contributed by atoms with Crippen LogP contribution in [0.25, 0.3) is 12.2 Å². The molecule has 6 heteroatoms. The molecule has 1 heterocycles. The van der Waals surface area contributed by atoms with Gasteiger partial charge in [0.15, 0.2) is 0 Å². The second kappa shape index (κ2) is 14.1. The van der Waals surface area contributed by atoms with Crippen LogP contribution >= 0.6 is 24.8 Å². The number of para-hydroxylation sites is 1. The van der Waals surface area contributed by atoms with E-state index >= 15 is 0 Å². The summed E-state index contributed by atoms with van der Waals surface area (Å²) < 4.78 is 6.04. The Morgan fingerprint density at radius 1 is 0.900 bits per heavy atom. The number of carbonyl (C=O) groups is 1. The van der Waals surface area contributed by atoms with Gasteiger partial charge in [0.25, 0.3) is 0 Å². The summed E-state index contributed by atoms with van der Waals surface area (Å²) in [5, 5.41) is 0. The van der Waals surface area contributed by atoms with Crippen molar-refractivity contribution in [3.8, 4) is 5.75 Å². The molecule has 2 aromatic rings. The molecule has 0 unspecified atom stereocenters. The van der Waals surface area contributed by atoms with Gasteiger partial charge in [0, 0.05) is 38.7 Å². The molecule has 1 amide bonds. The summed E-state index contributed by atoms with van der Waals surface area (Å²) in [5.74, 6) is 1.12. The van der Waals surface area contributed by atoms with Gasteiger partial charge < -0.3 is 9.64 Å². The SMILES string of the molecule is CC(=O)N1CCN(CCCCOc2ccccc2/C=C/c2ccccc2)CC1.Cl.Cl. The standard InChI is InChI=1S/C24H30N2O2.2ClH/c1-21(27)26-18-16-25(17-19-26)15-7-8-20-28-24-12-6-5-11-23(24)14-13-22-9-3-2-4-10-22;;/h2-6,9-14H,7-8,15-20H2,1H3;2*1H/b14-13+;;. The molecule has 30 heavy (non-hydrogen) atoms. The summed E-state index contributed by atoms with van der Waals surface area (Å²) in [6.07, 6.45) is 6.37. The van der Waals surface area contributed by atoms with Crippen LogP contribution in [0, 0.1) is 0 Å². The third-order valence-electron chi connectivity index (χ3n) is 5.12. The average Bonchev–Trinajstić information content (AvgIpc) is 2.74. The van der Waals surface area contributed by atoms with Crippen LogP contribution in [0.3, 0.4) is 0 Å². The van der Waals surface area contributed by atoms with E-state index in [1.54, 1.807) is 6.92 Å². The van der Waals surface area contributed by atoms with E-state index in [1.165, 1.54) is 5.56 Å². The zero-order valence-electron chi connectivity index (χ0n) is 17.5. The van der Waals surface area contributed by atoms with E-state index in [2.05, 4.69) is 35.3 Å². The van der Waals surface area contributed by atoms with Crippen molar-refractivity contribution < 1.29 is 9.53 Å². The highest BCUT2D eigenvalue weighted by Gasteiger charge is 2.17. The van der Waals surface area contributed by atoms with Crippen molar-refractivity contribution in [3.05, 3.63) is 65.7 Å². The second-order valence-electron chi connectivity index (χ2n) is 7.19. The molecule has 0 bridgehead atoms. The first kappa shape index (κ1) is 26.0. The fourth-order valence-electron chi connectivity index (χ4n) is 3.41. The normalized spacial score (nSPS) is 14.1. The topological polar surface area (TPSA) is 32.8 Å². The summed E-state index contributed by atoms with van der Waals surface area (Å²) in [4.78, 5) is 15.8. The first-order valence-electron chi connectivity index (χ1n) is 10.2. The molecule has 1 aliphatic rings. The molecule has 0 N–H and O–H groups in total. The maximum atomic E-state index is 11.4. The molecule has 164 valence electrons. The van der Waals surface area contributed by atoms with Crippen LogP contribution in [-0.2, 0) is 4.79 Å². The number of rotatable bonds is 8. The molecule has 1 fully saturated rings. The molecule has 0 saturated carbocycles. The van der Waals surface area contributed by atoms with Gasteiger partial charge in [0.1, 0.15) is 5.75 Å². The second-order valence-corrected chi connectivity index (χ2v) is 7.19. The smallest absolute Gasteiger partial charge is 0.219 e. The summed E-state index contributed by atoms with van der Waals surface area (Å²) in [6.45, 7) is 7.12. The van der Waals surface area contributed by atoms with Gasteiger partial charge in [0.05, 0.1) is 6.61 Å². The van der Waals surface area contributed by atoms with E-state index in [0.29, 0.717) is 0 Å². The minimum absolute atomic E-state index is 0. The highest BCUT2D eigenvalue weighted by Crippen LogP contribution is 2.21. The Labute approximate surface area is 192 Å². The molecule has 0 atom stereocenters. The molecule has 0 spiro atoms. The lowest BCUT2D eigenvalue weighted by atomic mass is 10.1. The van der Waals surface area contributed by atoms with Gasteiger partial charge in [-0.15, -0.1) is 24.8 Å². The quantitative estimate of drug-likeness (QED) is 0.417. The number of hydrogen-bond donors (Lipinski definition) is 0. The van der Waals surface area contributed by atoms with Crippen LogP contribution in [0.1, 0.15) is 30.9 Å². The first-order chi connectivity index (χ1) is 13.7. The molecule has 3 rings (SSSR count). The number of halogens is 2. The van der Waals surface area contributed by atoms with Crippen molar-refractivity contribution in [2.45, 2.75) is 19.8 Å².